The third-order valence-electron chi connectivity index (χ3n) is 4.70. The van der Waals surface area contributed by atoms with Gasteiger partial charge in [0.1, 0.15) is 6.04 Å². The van der Waals surface area contributed by atoms with Gasteiger partial charge in [0, 0.05) is 30.5 Å². The zero-order chi connectivity index (χ0) is 19.6. The first kappa shape index (κ1) is 19.2. The summed E-state index contributed by atoms with van der Waals surface area (Å²) >= 11 is 1.56. The summed E-state index contributed by atoms with van der Waals surface area (Å²) < 4.78 is 5.12. The highest BCUT2D eigenvalue weighted by atomic mass is 32.2. The van der Waals surface area contributed by atoms with Crippen LogP contribution in [0.15, 0.2) is 24.3 Å². The van der Waals surface area contributed by atoms with Gasteiger partial charge in [-0.3, -0.25) is 14.4 Å². The van der Waals surface area contributed by atoms with Crippen LogP contribution in [0.4, 0.5) is 5.69 Å². The molecule has 8 nitrogen and oxygen atoms in total. The van der Waals surface area contributed by atoms with E-state index in [1.807, 2.05) is 6.92 Å². The molecule has 1 aromatic rings. The number of carbonyl (C=O) groups excluding carboxylic acids is 4. The quantitative estimate of drug-likeness (QED) is 0.725. The minimum Gasteiger partial charge on any atom is -0.454 e. The Hall–Kier alpha value is -2.55. The summed E-state index contributed by atoms with van der Waals surface area (Å²) in [7, 11) is 1.52. The third-order valence-corrected chi connectivity index (χ3v) is 6.20. The van der Waals surface area contributed by atoms with Gasteiger partial charge in [-0.2, -0.15) is 0 Å². The van der Waals surface area contributed by atoms with E-state index < -0.39 is 24.5 Å². The summed E-state index contributed by atoms with van der Waals surface area (Å²) in [6.45, 7) is 1.49. The maximum Gasteiger partial charge on any atom is 0.330 e. The molecule has 2 aliphatic rings. The molecule has 3 amide bonds. The molecule has 0 unspecified atom stereocenters. The van der Waals surface area contributed by atoms with Crippen LogP contribution < -0.4 is 10.6 Å². The van der Waals surface area contributed by atoms with Crippen LogP contribution in [0.2, 0.25) is 0 Å². The zero-order valence-electron chi connectivity index (χ0n) is 15.1. The van der Waals surface area contributed by atoms with E-state index in [-0.39, 0.29) is 16.7 Å². The summed E-state index contributed by atoms with van der Waals surface area (Å²) in [5.74, 6) is -0.944. The molecular weight excluding hydrogens is 370 g/mol. The first-order chi connectivity index (χ1) is 12.8. The molecule has 0 aromatic heterocycles. The topological polar surface area (TPSA) is 105 Å². The number of anilines is 1. The van der Waals surface area contributed by atoms with E-state index in [4.69, 9.17) is 4.74 Å². The Balaban J connectivity index is 1.54. The lowest BCUT2D eigenvalue weighted by atomic mass is 10.2. The van der Waals surface area contributed by atoms with Crippen molar-refractivity contribution in [1.29, 1.82) is 0 Å². The van der Waals surface area contributed by atoms with Crippen LogP contribution in [0.25, 0.3) is 0 Å². The second-order valence-electron chi connectivity index (χ2n) is 6.58. The molecular formula is C18H21N3O5S. The number of carbonyl (C=O) groups is 4. The van der Waals surface area contributed by atoms with Gasteiger partial charge in [0.15, 0.2) is 6.61 Å². The maximum atomic E-state index is 12.4. The van der Waals surface area contributed by atoms with Crippen molar-refractivity contribution in [3.63, 3.8) is 0 Å². The Morgan fingerprint density at radius 2 is 2.15 bits per heavy atom. The van der Waals surface area contributed by atoms with Gasteiger partial charge in [-0.1, -0.05) is 6.07 Å². The molecule has 0 aliphatic carbocycles. The average molecular weight is 391 g/mol. The van der Waals surface area contributed by atoms with Gasteiger partial charge in [0.05, 0.1) is 4.87 Å². The normalized spacial score (nSPS) is 23.7. The summed E-state index contributed by atoms with van der Waals surface area (Å²) in [6.07, 6.45) is 1.14. The van der Waals surface area contributed by atoms with Crippen molar-refractivity contribution in [2.75, 3.05) is 24.7 Å². The van der Waals surface area contributed by atoms with Gasteiger partial charge >= 0.3 is 5.97 Å². The molecule has 2 fully saturated rings. The van der Waals surface area contributed by atoms with Crippen molar-refractivity contribution >= 4 is 41.1 Å². The van der Waals surface area contributed by atoms with Gasteiger partial charge < -0.3 is 20.3 Å². The zero-order valence-corrected chi connectivity index (χ0v) is 15.9. The lowest BCUT2D eigenvalue weighted by Gasteiger charge is -2.29. The SMILES string of the molecule is CNC(=O)c1cccc(NC(=O)COC(=O)[C@H]2CS[C@@]3(C)CCC(=O)N23)c1. The van der Waals surface area contributed by atoms with Crippen molar-refractivity contribution in [3.05, 3.63) is 29.8 Å². The molecule has 2 heterocycles. The third kappa shape index (κ3) is 3.92. The smallest absolute Gasteiger partial charge is 0.330 e. The number of ether oxygens (including phenoxy) is 1. The number of rotatable bonds is 5. The van der Waals surface area contributed by atoms with Crippen LogP contribution in [0, 0.1) is 0 Å². The molecule has 2 aliphatic heterocycles. The van der Waals surface area contributed by atoms with Crippen LogP contribution in [0.5, 0.6) is 0 Å². The van der Waals surface area contributed by atoms with Crippen LogP contribution in [-0.4, -0.2) is 58.9 Å². The van der Waals surface area contributed by atoms with Crippen LogP contribution in [-0.2, 0) is 19.1 Å². The first-order valence-electron chi connectivity index (χ1n) is 8.59. The lowest BCUT2D eigenvalue weighted by molar-refractivity contribution is -0.155. The fourth-order valence-corrected chi connectivity index (χ4v) is 4.72. The molecule has 0 saturated carbocycles. The predicted molar refractivity (Wildman–Crippen MR) is 100 cm³/mol. The number of fused-ring (bicyclic) bond motifs is 1. The fraction of sp³-hybridized carbons (Fsp3) is 0.444. The first-order valence-corrected chi connectivity index (χ1v) is 9.57. The predicted octanol–water partition coefficient (Wildman–Crippen LogP) is 0.982. The van der Waals surface area contributed by atoms with Crippen molar-refractivity contribution in [3.8, 4) is 0 Å². The number of hydrogen-bond acceptors (Lipinski definition) is 6. The van der Waals surface area contributed by atoms with E-state index in [1.165, 1.54) is 13.1 Å². The number of nitrogens with zero attached hydrogens (tertiary/aromatic N) is 1. The molecule has 9 heteroatoms. The number of benzene rings is 1. The molecule has 3 rings (SSSR count). The Bertz CT molecular complexity index is 799. The van der Waals surface area contributed by atoms with Crippen molar-refractivity contribution < 1.29 is 23.9 Å². The number of nitrogens with one attached hydrogen (secondary N) is 2. The molecule has 0 spiro atoms. The molecule has 1 aromatic carbocycles. The molecule has 2 N–H and O–H groups in total. The van der Waals surface area contributed by atoms with E-state index in [2.05, 4.69) is 10.6 Å². The summed E-state index contributed by atoms with van der Waals surface area (Å²) in [5.41, 5.74) is 0.831. The number of thioether (sulfide) groups is 1. The van der Waals surface area contributed by atoms with E-state index in [0.717, 1.165) is 0 Å². The van der Waals surface area contributed by atoms with E-state index in [9.17, 15) is 19.2 Å². The number of hydrogen-bond donors (Lipinski definition) is 2. The van der Waals surface area contributed by atoms with Gasteiger partial charge in [-0.15, -0.1) is 11.8 Å². The highest BCUT2D eigenvalue weighted by Crippen LogP contribution is 2.47. The average Bonchev–Trinajstić information content (AvgIpc) is 3.15. The fourth-order valence-electron chi connectivity index (χ4n) is 3.31. The summed E-state index contributed by atoms with van der Waals surface area (Å²) in [5, 5.41) is 5.09. The van der Waals surface area contributed by atoms with E-state index in [1.54, 1.807) is 34.9 Å². The van der Waals surface area contributed by atoms with E-state index in [0.29, 0.717) is 29.8 Å². The number of esters is 1. The number of amides is 3. The van der Waals surface area contributed by atoms with Gasteiger partial charge in [0.2, 0.25) is 5.91 Å². The van der Waals surface area contributed by atoms with Crippen LogP contribution in [0.3, 0.4) is 0 Å². The molecule has 144 valence electrons. The molecule has 0 radical (unpaired) electrons. The minimum atomic E-state index is -0.653. The molecule has 2 saturated heterocycles. The lowest BCUT2D eigenvalue weighted by Crippen LogP contribution is -2.47. The Morgan fingerprint density at radius 3 is 2.89 bits per heavy atom. The minimum absolute atomic E-state index is 0.0556. The molecule has 2 atom stereocenters. The highest BCUT2D eigenvalue weighted by molar-refractivity contribution is 8.01. The van der Waals surface area contributed by atoms with Crippen molar-refractivity contribution in [2.45, 2.75) is 30.7 Å². The maximum absolute atomic E-state index is 12.4. The van der Waals surface area contributed by atoms with Crippen LogP contribution >= 0.6 is 11.8 Å². The second-order valence-corrected chi connectivity index (χ2v) is 8.08. The second kappa shape index (κ2) is 7.59. The summed E-state index contributed by atoms with van der Waals surface area (Å²) in [6, 6.07) is 5.77. The van der Waals surface area contributed by atoms with Gasteiger partial charge in [-0.05, 0) is 31.5 Å². The Labute approximate surface area is 161 Å². The largest absolute Gasteiger partial charge is 0.454 e. The van der Waals surface area contributed by atoms with Gasteiger partial charge in [0.25, 0.3) is 11.8 Å². The van der Waals surface area contributed by atoms with Gasteiger partial charge in [-0.25, -0.2) is 4.79 Å². The van der Waals surface area contributed by atoms with Crippen molar-refractivity contribution in [1.82, 2.24) is 10.2 Å². The Morgan fingerprint density at radius 1 is 1.37 bits per heavy atom. The standard InChI is InChI=1S/C18H21N3O5S/c1-18-7-6-15(23)21(18)13(10-27-18)17(25)26-9-14(22)20-12-5-3-4-11(8-12)16(24)19-2/h3-5,8,13H,6-7,9-10H2,1-2H3,(H,19,24)(H,20,22)/t13-,18+/m1/s1. The summed E-state index contributed by atoms with van der Waals surface area (Å²) in [4.78, 5) is 49.3. The Kier molecular flexibility index (Phi) is 5.41. The molecule has 0 bridgehead atoms. The van der Waals surface area contributed by atoms with Crippen LogP contribution in [0.1, 0.15) is 30.1 Å². The van der Waals surface area contributed by atoms with E-state index >= 15 is 0 Å². The monoisotopic (exact) mass is 391 g/mol. The molecule has 27 heavy (non-hydrogen) atoms. The highest BCUT2D eigenvalue weighted by Gasteiger charge is 2.53. The van der Waals surface area contributed by atoms with Crippen molar-refractivity contribution in [2.24, 2.45) is 0 Å².